The van der Waals surface area contributed by atoms with Crippen LogP contribution in [0.15, 0.2) is 24.3 Å². The van der Waals surface area contributed by atoms with Crippen LogP contribution in [0.1, 0.15) is 44.7 Å². The van der Waals surface area contributed by atoms with E-state index >= 15 is 0 Å². The monoisotopic (exact) mass is 231 g/mol. The Morgan fingerprint density at radius 1 is 1.29 bits per heavy atom. The summed E-state index contributed by atoms with van der Waals surface area (Å²) < 4.78 is 0. The van der Waals surface area contributed by atoms with Crippen molar-refractivity contribution < 1.29 is 5.11 Å². The SMILES string of the molecule is CCCC(C#N)C(C)(O)c1ccc(CC)cc1. The first-order valence-corrected chi connectivity index (χ1v) is 6.27. The average Bonchev–Trinajstić information content (AvgIpc) is 2.35. The fourth-order valence-corrected chi connectivity index (χ4v) is 2.04. The minimum atomic E-state index is -1.06. The van der Waals surface area contributed by atoms with E-state index in [0.29, 0.717) is 0 Å². The number of aliphatic hydroxyl groups is 1. The van der Waals surface area contributed by atoms with Gasteiger partial charge in [0.05, 0.1) is 12.0 Å². The normalized spacial score (nSPS) is 15.9. The van der Waals surface area contributed by atoms with Crippen LogP contribution < -0.4 is 0 Å². The third-order valence-corrected chi connectivity index (χ3v) is 3.36. The number of hydrogen-bond acceptors (Lipinski definition) is 2. The lowest BCUT2D eigenvalue weighted by molar-refractivity contribution is 0.0130. The Labute approximate surface area is 104 Å². The molecule has 2 unspecified atom stereocenters. The van der Waals surface area contributed by atoms with Crippen LogP contribution in [0.25, 0.3) is 0 Å². The minimum Gasteiger partial charge on any atom is -0.384 e. The van der Waals surface area contributed by atoms with Gasteiger partial charge in [0.1, 0.15) is 5.60 Å². The summed E-state index contributed by atoms with van der Waals surface area (Å²) >= 11 is 0. The summed E-state index contributed by atoms with van der Waals surface area (Å²) in [5, 5.41) is 19.7. The molecular formula is C15H21NO. The lowest BCUT2D eigenvalue weighted by Gasteiger charge is -2.28. The smallest absolute Gasteiger partial charge is 0.103 e. The molecular weight excluding hydrogens is 210 g/mol. The molecule has 1 aromatic carbocycles. The van der Waals surface area contributed by atoms with Crippen LogP contribution in [0.2, 0.25) is 0 Å². The molecule has 0 spiro atoms. The molecule has 0 fully saturated rings. The summed E-state index contributed by atoms with van der Waals surface area (Å²) in [6, 6.07) is 10.1. The molecule has 1 N–H and O–H groups in total. The predicted octanol–water partition coefficient (Wildman–Crippen LogP) is 3.40. The van der Waals surface area contributed by atoms with Gasteiger partial charge < -0.3 is 5.11 Å². The molecule has 1 aromatic rings. The number of benzene rings is 1. The standard InChI is InChI=1S/C15H21NO/c1-4-6-14(11-16)15(3,17)13-9-7-12(5-2)8-10-13/h7-10,14,17H,4-6H2,1-3H3. The van der Waals surface area contributed by atoms with Crippen molar-refractivity contribution in [2.24, 2.45) is 5.92 Å². The highest BCUT2D eigenvalue weighted by atomic mass is 16.3. The highest BCUT2D eigenvalue weighted by Crippen LogP contribution is 2.32. The van der Waals surface area contributed by atoms with Crippen LogP contribution in [0.4, 0.5) is 0 Å². The van der Waals surface area contributed by atoms with Crippen molar-refractivity contribution >= 4 is 0 Å². The highest BCUT2D eigenvalue weighted by Gasteiger charge is 2.33. The number of rotatable bonds is 5. The van der Waals surface area contributed by atoms with Crippen LogP contribution in [0, 0.1) is 17.2 Å². The third kappa shape index (κ3) is 3.08. The van der Waals surface area contributed by atoms with Crippen LogP contribution in [0.5, 0.6) is 0 Å². The molecule has 0 saturated heterocycles. The van der Waals surface area contributed by atoms with E-state index in [1.165, 1.54) is 5.56 Å². The maximum Gasteiger partial charge on any atom is 0.103 e. The molecule has 0 amide bonds. The molecule has 0 aliphatic heterocycles. The van der Waals surface area contributed by atoms with Gasteiger partial charge in [0.25, 0.3) is 0 Å². The van der Waals surface area contributed by atoms with Crippen molar-refractivity contribution in [1.82, 2.24) is 0 Å². The fourth-order valence-electron chi connectivity index (χ4n) is 2.04. The Kier molecular flexibility index (Phi) is 4.72. The molecule has 0 aliphatic carbocycles. The molecule has 0 bridgehead atoms. The Morgan fingerprint density at radius 3 is 2.29 bits per heavy atom. The zero-order valence-corrected chi connectivity index (χ0v) is 10.9. The second-order valence-corrected chi connectivity index (χ2v) is 4.67. The Hall–Kier alpha value is -1.33. The van der Waals surface area contributed by atoms with E-state index in [2.05, 4.69) is 13.0 Å². The summed E-state index contributed by atoms with van der Waals surface area (Å²) in [4.78, 5) is 0. The fraction of sp³-hybridized carbons (Fsp3) is 0.533. The van der Waals surface area contributed by atoms with E-state index in [1.807, 2.05) is 31.2 Å². The lowest BCUT2D eigenvalue weighted by atomic mass is 9.81. The molecule has 0 saturated carbocycles. The van der Waals surface area contributed by atoms with E-state index in [0.717, 1.165) is 24.8 Å². The van der Waals surface area contributed by atoms with Crippen molar-refractivity contribution in [2.45, 2.75) is 45.6 Å². The molecule has 2 atom stereocenters. The van der Waals surface area contributed by atoms with Gasteiger partial charge in [-0.05, 0) is 30.9 Å². The van der Waals surface area contributed by atoms with Gasteiger partial charge in [-0.15, -0.1) is 0 Å². The topological polar surface area (TPSA) is 44.0 Å². The predicted molar refractivity (Wildman–Crippen MR) is 69.4 cm³/mol. The van der Waals surface area contributed by atoms with E-state index in [4.69, 9.17) is 5.26 Å². The van der Waals surface area contributed by atoms with Gasteiger partial charge in [-0.2, -0.15) is 5.26 Å². The zero-order valence-electron chi connectivity index (χ0n) is 10.9. The number of nitrogens with zero attached hydrogens (tertiary/aromatic N) is 1. The molecule has 0 aromatic heterocycles. The molecule has 0 radical (unpaired) electrons. The highest BCUT2D eigenvalue weighted by molar-refractivity contribution is 5.28. The molecule has 17 heavy (non-hydrogen) atoms. The Morgan fingerprint density at radius 2 is 1.88 bits per heavy atom. The van der Waals surface area contributed by atoms with E-state index in [1.54, 1.807) is 6.92 Å². The lowest BCUT2D eigenvalue weighted by Crippen LogP contribution is -2.30. The van der Waals surface area contributed by atoms with Gasteiger partial charge in [-0.1, -0.05) is 44.5 Å². The van der Waals surface area contributed by atoms with Crippen molar-refractivity contribution in [1.29, 1.82) is 5.26 Å². The van der Waals surface area contributed by atoms with Crippen LogP contribution in [0.3, 0.4) is 0 Å². The zero-order chi connectivity index (χ0) is 12.9. The summed E-state index contributed by atoms with van der Waals surface area (Å²) in [5.41, 5.74) is 1.01. The largest absolute Gasteiger partial charge is 0.384 e. The Bertz CT molecular complexity index is 386. The number of aryl methyl sites for hydroxylation is 1. The van der Waals surface area contributed by atoms with Gasteiger partial charge >= 0.3 is 0 Å². The van der Waals surface area contributed by atoms with Crippen LogP contribution in [-0.2, 0) is 12.0 Å². The summed E-state index contributed by atoms with van der Waals surface area (Å²) in [6.45, 7) is 5.86. The van der Waals surface area contributed by atoms with Gasteiger partial charge in [0.15, 0.2) is 0 Å². The van der Waals surface area contributed by atoms with E-state index in [-0.39, 0.29) is 5.92 Å². The van der Waals surface area contributed by atoms with Crippen molar-refractivity contribution in [3.05, 3.63) is 35.4 Å². The summed E-state index contributed by atoms with van der Waals surface area (Å²) in [7, 11) is 0. The third-order valence-electron chi connectivity index (χ3n) is 3.36. The van der Waals surface area contributed by atoms with Crippen LogP contribution >= 0.6 is 0 Å². The number of hydrogen-bond donors (Lipinski definition) is 1. The maximum absolute atomic E-state index is 10.5. The molecule has 0 aliphatic rings. The van der Waals surface area contributed by atoms with E-state index < -0.39 is 5.60 Å². The van der Waals surface area contributed by atoms with Gasteiger partial charge in [0, 0.05) is 0 Å². The van der Waals surface area contributed by atoms with Gasteiger partial charge in [-0.25, -0.2) is 0 Å². The van der Waals surface area contributed by atoms with Crippen molar-refractivity contribution in [2.75, 3.05) is 0 Å². The second kappa shape index (κ2) is 5.84. The molecule has 92 valence electrons. The van der Waals surface area contributed by atoms with Gasteiger partial charge in [-0.3, -0.25) is 0 Å². The Balaban J connectivity index is 2.98. The minimum absolute atomic E-state index is 0.347. The van der Waals surface area contributed by atoms with Crippen molar-refractivity contribution in [3.63, 3.8) is 0 Å². The second-order valence-electron chi connectivity index (χ2n) is 4.67. The summed E-state index contributed by atoms with van der Waals surface area (Å²) in [5.74, 6) is -0.347. The first kappa shape index (κ1) is 13.7. The molecule has 1 rings (SSSR count). The first-order chi connectivity index (χ1) is 8.06. The first-order valence-electron chi connectivity index (χ1n) is 6.27. The molecule has 2 heteroatoms. The quantitative estimate of drug-likeness (QED) is 0.844. The maximum atomic E-state index is 10.5. The van der Waals surface area contributed by atoms with E-state index in [9.17, 15) is 5.11 Å². The van der Waals surface area contributed by atoms with Crippen molar-refractivity contribution in [3.8, 4) is 6.07 Å². The molecule has 2 nitrogen and oxygen atoms in total. The van der Waals surface area contributed by atoms with Crippen LogP contribution in [-0.4, -0.2) is 5.11 Å². The van der Waals surface area contributed by atoms with Gasteiger partial charge in [0.2, 0.25) is 0 Å². The average molecular weight is 231 g/mol. The number of nitriles is 1. The molecule has 0 heterocycles. The summed E-state index contributed by atoms with van der Waals surface area (Å²) in [6.07, 6.45) is 2.61.